The van der Waals surface area contributed by atoms with Gasteiger partial charge in [-0.2, -0.15) is 0 Å². The van der Waals surface area contributed by atoms with Gasteiger partial charge in [-0.05, 0) is 28.3 Å². The highest BCUT2D eigenvalue weighted by Crippen LogP contribution is 2.26. The van der Waals surface area contributed by atoms with E-state index < -0.39 is 6.10 Å². The third-order valence-corrected chi connectivity index (χ3v) is 3.03. The fourth-order valence-corrected chi connectivity index (χ4v) is 1.94. The molecule has 0 saturated heterocycles. The molecule has 80 valence electrons. The topological polar surface area (TPSA) is 50.9 Å². The molecule has 0 spiro atoms. The smallest absolute Gasteiger partial charge is 0.154 e. The third kappa shape index (κ3) is 2.54. The number of aliphatic hydroxyl groups is 1. The lowest BCUT2D eigenvalue weighted by atomic mass is 10.00. The minimum absolute atomic E-state index is 0.487. The molecule has 0 aliphatic rings. The average Bonchev–Trinajstić information content (AvgIpc) is 2.46. The van der Waals surface area contributed by atoms with Crippen molar-refractivity contribution in [1.29, 1.82) is 0 Å². The predicted molar refractivity (Wildman–Crippen MR) is 57.7 cm³/mol. The molecule has 0 aliphatic heterocycles. The van der Waals surface area contributed by atoms with Gasteiger partial charge in [0.25, 0.3) is 0 Å². The molecular formula is C9H16BrN3O. The summed E-state index contributed by atoms with van der Waals surface area (Å²) in [6, 6.07) is 0. The maximum absolute atomic E-state index is 9.94. The van der Waals surface area contributed by atoms with Crippen molar-refractivity contribution in [1.82, 2.24) is 15.0 Å². The van der Waals surface area contributed by atoms with Crippen LogP contribution in [0.5, 0.6) is 0 Å². The Morgan fingerprint density at radius 3 is 2.64 bits per heavy atom. The van der Waals surface area contributed by atoms with Crippen molar-refractivity contribution in [2.75, 3.05) is 0 Å². The summed E-state index contributed by atoms with van der Waals surface area (Å²) in [6.45, 7) is 4.24. The largest absolute Gasteiger partial charge is 0.387 e. The van der Waals surface area contributed by atoms with Crippen LogP contribution in [0.4, 0.5) is 0 Å². The quantitative estimate of drug-likeness (QED) is 0.903. The molecule has 1 aromatic heterocycles. The van der Waals surface area contributed by atoms with E-state index in [1.165, 1.54) is 0 Å². The van der Waals surface area contributed by atoms with Crippen molar-refractivity contribution in [2.24, 2.45) is 13.0 Å². The Kier molecular flexibility index (Phi) is 4.07. The first-order valence-corrected chi connectivity index (χ1v) is 5.58. The second kappa shape index (κ2) is 4.89. The molecule has 0 radical (unpaired) electrons. The third-order valence-electron chi connectivity index (χ3n) is 2.46. The second-order valence-electron chi connectivity index (χ2n) is 3.65. The van der Waals surface area contributed by atoms with Gasteiger partial charge >= 0.3 is 0 Å². The van der Waals surface area contributed by atoms with Crippen molar-refractivity contribution < 1.29 is 5.11 Å². The van der Waals surface area contributed by atoms with Gasteiger partial charge in [-0.3, -0.25) is 0 Å². The van der Waals surface area contributed by atoms with Gasteiger partial charge in [0.1, 0.15) is 5.69 Å². The number of halogens is 1. The fourth-order valence-electron chi connectivity index (χ4n) is 1.35. The van der Waals surface area contributed by atoms with E-state index >= 15 is 0 Å². The maximum Gasteiger partial charge on any atom is 0.154 e. The molecule has 0 aliphatic carbocycles. The highest BCUT2D eigenvalue weighted by atomic mass is 79.9. The highest BCUT2D eigenvalue weighted by Gasteiger charge is 2.19. The van der Waals surface area contributed by atoms with Crippen LogP contribution >= 0.6 is 15.9 Å². The summed E-state index contributed by atoms with van der Waals surface area (Å²) >= 11 is 3.28. The van der Waals surface area contributed by atoms with Crippen molar-refractivity contribution in [3.8, 4) is 0 Å². The molecule has 1 heterocycles. The molecule has 0 aromatic carbocycles. The molecule has 0 fully saturated rings. The van der Waals surface area contributed by atoms with Gasteiger partial charge in [-0.25, -0.2) is 4.68 Å². The van der Waals surface area contributed by atoms with Crippen LogP contribution in [0.25, 0.3) is 0 Å². The number of aryl methyl sites for hydroxylation is 1. The van der Waals surface area contributed by atoms with Gasteiger partial charge in [0.2, 0.25) is 0 Å². The van der Waals surface area contributed by atoms with Gasteiger partial charge < -0.3 is 5.11 Å². The zero-order valence-electron chi connectivity index (χ0n) is 8.74. The van der Waals surface area contributed by atoms with Crippen molar-refractivity contribution in [2.45, 2.75) is 32.8 Å². The summed E-state index contributed by atoms with van der Waals surface area (Å²) in [6.07, 6.45) is 1.33. The van der Waals surface area contributed by atoms with Crippen LogP contribution in [0.1, 0.15) is 38.5 Å². The monoisotopic (exact) mass is 261 g/mol. The lowest BCUT2D eigenvalue weighted by Gasteiger charge is -2.14. The highest BCUT2D eigenvalue weighted by molar-refractivity contribution is 9.10. The van der Waals surface area contributed by atoms with Crippen molar-refractivity contribution in [3.63, 3.8) is 0 Å². The zero-order chi connectivity index (χ0) is 10.7. The van der Waals surface area contributed by atoms with Crippen LogP contribution < -0.4 is 0 Å². The fraction of sp³-hybridized carbons (Fsp3) is 0.778. The van der Waals surface area contributed by atoms with Crippen LogP contribution in [0.2, 0.25) is 0 Å². The van der Waals surface area contributed by atoms with E-state index in [0.717, 1.165) is 18.5 Å². The number of nitrogens with zero attached hydrogens (tertiary/aromatic N) is 3. The van der Waals surface area contributed by atoms with Crippen LogP contribution in [-0.4, -0.2) is 20.1 Å². The average molecular weight is 262 g/mol. The van der Waals surface area contributed by atoms with Crippen LogP contribution in [0.3, 0.4) is 0 Å². The number of aromatic nitrogens is 3. The molecule has 1 N–H and O–H groups in total. The van der Waals surface area contributed by atoms with E-state index in [1.54, 1.807) is 11.7 Å². The molecule has 4 nitrogen and oxygen atoms in total. The summed E-state index contributed by atoms with van der Waals surface area (Å²) in [7, 11) is 1.78. The predicted octanol–water partition coefficient (Wildman–Crippen LogP) is 2.05. The molecule has 0 amide bonds. The molecule has 1 aromatic rings. The lowest BCUT2D eigenvalue weighted by molar-refractivity contribution is 0.137. The molecule has 1 rings (SSSR count). The summed E-state index contributed by atoms with van der Waals surface area (Å²) in [4.78, 5) is 0. The van der Waals surface area contributed by atoms with Gasteiger partial charge in [0.05, 0.1) is 6.10 Å². The second-order valence-corrected chi connectivity index (χ2v) is 4.41. The Labute approximate surface area is 92.4 Å². The van der Waals surface area contributed by atoms with E-state index in [2.05, 4.69) is 40.1 Å². The van der Waals surface area contributed by atoms with Gasteiger partial charge in [0, 0.05) is 7.05 Å². The summed E-state index contributed by atoms with van der Waals surface area (Å²) in [5, 5.41) is 17.6. The first kappa shape index (κ1) is 11.7. The first-order chi connectivity index (χ1) is 6.56. The van der Waals surface area contributed by atoms with E-state index in [9.17, 15) is 5.11 Å². The van der Waals surface area contributed by atoms with Gasteiger partial charge in [-0.15, -0.1) is 5.10 Å². The Bertz CT molecular complexity index is 281. The maximum atomic E-state index is 9.94. The number of hydrogen-bond acceptors (Lipinski definition) is 3. The summed E-state index contributed by atoms with van der Waals surface area (Å²) in [5.41, 5.74) is 0.755. The zero-order valence-corrected chi connectivity index (χ0v) is 10.3. The summed E-state index contributed by atoms with van der Waals surface area (Å²) in [5.74, 6) is 0.506. The van der Waals surface area contributed by atoms with Gasteiger partial charge in [-0.1, -0.05) is 25.5 Å². The Hall–Kier alpha value is -0.420. The van der Waals surface area contributed by atoms with Crippen LogP contribution in [0.15, 0.2) is 4.60 Å². The number of hydrogen-bond donors (Lipinski definition) is 1. The standard InChI is InChI=1S/C9H16BrN3O/c1-4-6(2)5-7(14)8-9(10)11-12-13(8)3/h6-7,14H,4-5H2,1-3H3. The first-order valence-electron chi connectivity index (χ1n) is 4.79. The molecule has 14 heavy (non-hydrogen) atoms. The van der Waals surface area contributed by atoms with Crippen molar-refractivity contribution >= 4 is 15.9 Å². The van der Waals surface area contributed by atoms with E-state index in [-0.39, 0.29) is 0 Å². The van der Waals surface area contributed by atoms with Crippen LogP contribution in [0, 0.1) is 5.92 Å². The van der Waals surface area contributed by atoms with E-state index in [0.29, 0.717) is 10.5 Å². The molecule has 2 unspecified atom stereocenters. The molecule has 2 atom stereocenters. The molecule has 0 bridgehead atoms. The van der Waals surface area contributed by atoms with E-state index in [1.807, 2.05) is 0 Å². The normalized spacial score (nSPS) is 15.5. The number of rotatable bonds is 4. The molecular weight excluding hydrogens is 246 g/mol. The van der Waals surface area contributed by atoms with Crippen molar-refractivity contribution in [3.05, 3.63) is 10.3 Å². The SMILES string of the molecule is CCC(C)CC(O)c1c(Br)nnn1C. The lowest BCUT2D eigenvalue weighted by Crippen LogP contribution is -2.09. The minimum atomic E-state index is -0.487. The van der Waals surface area contributed by atoms with E-state index in [4.69, 9.17) is 0 Å². The molecule has 5 heteroatoms. The molecule has 0 saturated carbocycles. The van der Waals surface area contributed by atoms with Crippen LogP contribution in [-0.2, 0) is 7.05 Å². The minimum Gasteiger partial charge on any atom is -0.387 e. The Morgan fingerprint density at radius 1 is 1.57 bits per heavy atom. The summed E-state index contributed by atoms with van der Waals surface area (Å²) < 4.78 is 2.24. The van der Waals surface area contributed by atoms with Gasteiger partial charge in [0.15, 0.2) is 4.60 Å². The Balaban J connectivity index is 2.73. The Morgan fingerprint density at radius 2 is 2.21 bits per heavy atom. The number of aliphatic hydroxyl groups excluding tert-OH is 1.